The number of nitrogens with zero attached hydrogens (tertiary/aromatic N) is 1. The van der Waals surface area contributed by atoms with E-state index in [2.05, 4.69) is 6.07 Å². The maximum Gasteiger partial charge on any atom is 0.243 e. The number of thioether (sulfide) groups is 1. The maximum atomic E-state index is 12.2. The summed E-state index contributed by atoms with van der Waals surface area (Å²) in [6.45, 7) is 4.99. The minimum absolute atomic E-state index is 0.140. The van der Waals surface area contributed by atoms with E-state index in [1.165, 1.54) is 0 Å². The van der Waals surface area contributed by atoms with Crippen LogP contribution in [0.4, 0.5) is 5.69 Å². The molecule has 2 N–H and O–H groups in total. The molecule has 4 heteroatoms. The van der Waals surface area contributed by atoms with Crippen molar-refractivity contribution in [3.8, 4) is 0 Å². The van der Waals surface area contributed by atoms with E-state index in [9.17, 15) is 4.79 Å². The lowest BCUT2D eigenvalue weighted by atomic mass is 10.1. The van der Waals surface area contributed by atoms with E-state index in [1.54, 1.807) is 16.7 Å². The monoisotopic (exact) mass is 236 g/mol. The SMILES string of the molecule is CC1(C)Sc2ccccc2N(CCN)C1=O. The number of rotatable bonds is 2. The average Bonchev–Trinajstić information content (AvgIpc) is 2.24. The third-order valence-electron chi connectivity index (χ3n) is 2.63. The number of para-hydroxylation sites is 1. The summed E-state index contributed by atoms with van der Waals surface area (Å²) in [5, 5.41) is 0. The Labute approximate surface area is 100.0 Å². The lowest BCUT2D eigenvalue weighted by molar-refractivity contribution is -0.120. The first-order chi connectivity index (χ1) is 7.56. The van der Waals surface area contributed by atoms with Crippen LogP contribution in [-0.2, 0) is 4.79 Å². The molecule has 1 amide bonds. The van der Waals surface area contributed by atoms with E-state index in [0.29, 0.717) is 13.1 Å². The molecule has 0 spiro atoms. The predicted molar refractivity (Wildman–Crippen MR) is 67.8 cm³/mol. The molecule has 3 nitrogen and oxygen atoms in total. The van der Waals surface area contributed by atoms with Crippen molar-refractivity contribution in [3.05, 3.63) is 24.3 Å². The van der Waals surface area contributed by atoms with Crippen LogP contribution in [0.25, 0.3) is 0 Å². The molecule has 2 rings (SSSR count). The number of benzene rings is 1. The van der Waals surface area contributed by atoms with Crippen LogP contribution in [0.2, 0.25) is 0 Å². The molecule has 16 heavy (non-hydrogen) atoms. The molecular formula is C12H16N2OS. The van der Waals surface area contributed by atoms with Gasteiger partial charge in [0, 0.05) is 18.0 Å². The third-order valence-corrected chi connectivity index (χ3v) is 3.88. The Hall–Kier alpha value is -1.00. The fraction of sp³-hybridized carbons (Fsp3) is 0.417. The molecule has 1 aromatic rings. The largest absolute Gasteiger partial charge is 0.329 e. The van der Waals surface area contributed by atoms with Crippen molar-refractivity contribution in [1.29, 1.82) is 0 Å². The summed E-state index contributed by atoms with van der Waals surface area (Å²) in [5.74, 6) is 0.140. The number of anilines is 1. The van der Waals surface area contributed by atoms with Crippen LogP contribution >= 0.6 is 11.8 Å². The summed E-state index contributed by atoms with van der Waals surface area (Å²) in [5.41, 5.74) is 6.55. The second-order valence-electron chi connectivity index (χ2n) is 4.33. The summed E-state index contributed by atoms with van der Waals surface area (Å²) in [6.07, 6.45) is 0. The van der Waals surface area contributed by atoms with Crippen molar-refractivity contribution < 1.29 is 4.79 Å². The molecule has 0 saturated heterocycles. The zero-order valence-electron chi connectivity index (χ0n) is 9.56. The molecule has 0 atom stereocenters. The highest BCUT2D eigenvalue weighted by Gasteiger charge is 2.39. The molecule has 86 valence electrons. The van der Waals surface area contributed by atoms with Gasteiger partial charge in [0.15, 0.2) is 0 Å². The quantitative estimate of drug-likeness (QED) is 0.852. The summed E-state index contributed by atoms with van der Waals surface area (Å²) in [6, 6.07) is 7.98. The fourth-order valence-corrected chi connectivity index (χ4v) is 3.05. The number of hydrogen-bond donors (Lipinski definition) is 1. The molecule has 1 aliphatic heterocycles. The van der Waals surface area contributed by atoms with E-state index in [-0.39, 0.29) is 5.91 Å². The molecule has 1 aliphatic rings. The van der Waals surface area contributed by atoms with E-state index < -0.39 is 4.75 Å². The van der Waals surface area contributed by atoms with Crippen LogP contribution in [0.5, 0.6) is 0 Å². The van der Waals surface area contributed by atoms with Crippen LogP contribution in [0.15, 0.2) is 29.2 Å². The molecule has 1 aromatic carbocycles. The number of nitrogens with two attached hydrogens (primary N) is 1. The highest BCUT2D eigenvalue weighted by atomic mass is 32.2. The van der Waals surface area contributed by atoms with E-state index in [1.807, 2.05) is 32.0 Å². The van der Waals surface area contributed by atoms with Crippen molar-refractivity contribution in [2.24, 2.45) is 5.73 Å². The first-order valence-electron chi connectivity index (χ1n) is 5.36. The Morgan fingerprint density at radius 1 is 1.38 bits per heavy atom. The van der Waals surface area contributed by atoms with Crippen molar-refractivity contribution in [3.63, 3.8) is 0 Å². The molecule has 0 unspecified atom stereocenters. The number of amides is 1. The van der Waals surface area contributed by atoms with Gasteiger partial charge >= 0.3 is 0 Å². The molecule has 0 aromatic heterocycles. The van der Waals surface area contributed by atoms with Gasteiger partial charge in [0.25, 0.3) is 0 Å². The summed E-state index contributed by atoms with van der Waals surface area (Å²) >= 11 is 1.62. The van der Waals surface area contributed by atoms with Crippen LogP contribution in [0.1, 0.15) is 13.8 Å². The normalized spacial score (nSPS) is 18.4. The Bertz CT molecular complexity index is 417. The molecule has 0 aliphatic carbocycles. The third kappa shape index (κ3) is 1.83. The van der Waals surface area contributed by atoms with Crippen molar-refractivity contribution in [2.45, 2.75) is 23.5 Å². The Balaban J connectivity index is 2.47. The van der Waals surface area contributed by atoms with Gasteiger partial charge in [0.05, 0.1) is 10.4 Å². The maximum absolute atomic E-state index is 12.2. The summed E-state index contributed by atoms with van der Waals surface area (Å²) in [7, 11) is 0. The van der Waals surface area contributed by atoms with Gasteiger partial charge in [-0.15, -0.1) is 11.8 Å². The van der Waals surface area contributed by atoms with E-state index in [0.717, 1.165) is 10.6 Å². The van der Waals surface area contributed by atoms with Gasteiger partial charge in [-0.05, 0) is 26.0 Å². The fourth-order valence-electron chi connectivity index (χ4n) is 1.87. The van der Waals surface area contributed by atoms with Crippen LogP contribution in [0, 0.1) is 0 Å². The molecule has 1 heterocycles. The molecule has 0 saturated carbocycles. The number of fused-ring (bicyclic) bond motifs is 1. The second-order valence-corrected chi connectivity index (χ2v) is 5.99. The zero-order valence-corrected chi connectivity index (χ0v) is 10.4. The van der Waals surface area contributed by atoms with Crippen molar-refractivity contribution in [2.75, 3.05) is 18.0 Å². The number of carbonyl (C=O) groups excluding carboxylic acids is 1. The summed E-state index contributed by atoms with van der Waals surface area (Å²) < 4.78 is -0.399. The Morgan fingerprint density at radius 2 is 2.06 bits per heavy atom. The molecule has 0 fully saturated rings. The van der Waals surface area contributed by atoms with Gasteiger partial charge in [0.1, 0.15) is 0 Å². The minimum atomic E-state index is -0.399. The smallest absolute Gasteiger partial charge is 0.243 e. The first-order valence-corrected chi connectivity index (χ1v) is 6.18. The number of hydrogen-bond acceptors (Lipinski definition) is 3. The van der Waals surface area contributed by atoms with Gasteiger partial charge in [0.2, 0.25) is 5.91 Å². The number of carbonyl (C=O) groups is 1. The first kappa shape index (κ1) is 11.5. The second kappa shape index (κ2) is 4.11. The lowest BCUT2D eigenvalue weighted by Gasteiger charge is -2.37. The van der Waals surface area contributed by atoms with Crippen molar-refractivity contribution in [1.82, 2.24) is 0 Å². The minimum Gasteiger partial charge on any atom is -0.329 e. The molecule has 0 radical (unpaired) electrons. The molecular weight excluding hydrogens is 220 g/mol. The highest BCUT2D eigenvalue weighted by molar-refractivity contribution is 8.01. The van der Waals surface area contributed by atoms with Gasteiger partial charge in [-0.25, -0.2) is 0 Å². The predicted octanol–water partition coefficient (Wildman–Crippen LogP) is 1.86. The van der Waals surface area contributed by atoms with Gasteiger partial charge in [-0.2, -0.15) is 0 Å². The summed E-state index contributed by atoms with van der Waals surface area (Å²) in [4.78, 5) is 15.2. The molecule has 0 bridgehead atoms. The van der Waals surface area contributed by atoms with Gasteiger partial charge in [-0.1, -0.05) is 12.1 Å². The van der Waals surface area contributed by atoms with Gasteiger partial charge in [-0.3, -0.25) is 4.79 Å². The standard InChI is InChI=1S/C12H16N2OS/c1-12(2)11(15)14(8-7-13)9-5-3-4-6-10(9)16-12/h3-6H,7-8,13H2,1-2H3. The highest BCUT2D eigenvalue weighted by Crippen LogP contribution is 2.44. The van der Waals surface area contributed by atoms with Crippen LogP contribution < -0.4 is 10.6 Å². The Morgan fingerprint density at radius 3 is 2.75 bits per heavy atom. The lowest BCUT2D eigenvalue weighted by Crippen LogP contribution is -2.48. The van der Waals surface area contributed by atoms with E-state index in [4.69, 9.17) is 5.73 Å². The zero-order chi connectivity index (χ0) is 11.8. The van der Waals surface area contributed by atoms with Gasteiger partial charge < -0.3 is 10.6 Å². The van der Waals surface area contributed by atoms with E-state index >= 15 is 0 Å². The van der Waals surface area contributed by atoms with Crippen LogP contribution in [-0.4, -0.2) is 23.7 Å². The Kier molecular flexibility index (Phi) is 2.95. The average molecular weight is 236 g/mol. The topological polar surface area (TPSA) is 46.3 Å². The van der Waals surface area contributed by atoms with Crippen LogP contribution in [0.3, 0.4) is 0 Å². The van der Waals surface area contributed by atoms with Crippen molar-refractivity contribution >= 4 is 23.4 Å².